The first-order valence-corrected chi connectivity index (χ1v) is 7.62. The van der Waals surface area contributed by atoms with Crippen LogP contribution in [0.4, 0.5) is 0 Å². The van der Waals surface area contributed by atoms with Crippen LogP contribution in [-0.2, 0) is 0 Å². The van der Waals surface area contributed by atoms with Gasteiger partial charge in [0.1, 0.15) is 0 Å². The Bertz CT molecular complexity index is 258. The van der Waals surface area contributed by atoms with E-state index in [0.717, 1.165) is 0 Å². The molecule has 1 radical (unpaired) electrons. The third-order valence-electron chi connectivity index (χ3n) is 2.84. The van der Waals surface area contributed by atoms with Crippen LogP contribution in [0.2, 0.25) is 0 Å². The number of rotatable bonds is 0. The zero-order valence-electron chi connectivity index (χ0n) is 8.45. The van der Waals surface area contributed by atoms with Crippen LogP contribution in [0.3, 0.4) is 0 Å². The molecule has 0 saturated heterocycles. The monoisotopic (exact) mass is 169 g/mol. The summed E-state index contributed by atoms with van der Waals surface area (Å²) in [6.07, 6.45) is 0. The second-order valence-corrected chi connectivity index (χ2v) is 11.2. The molecule has 0 aliphatic carbocycles. The van der Waals surface area contributed by atoms with Crippen molar-refractivity contribution in [3.05, 3.63) is 22.3 Å². The zero-order chi connectivity index (χ0) is 8.89. The molecule has 11 heavy (non-hydrogen) atoms. The quantitative estimate of drug-likeness (QED) is 0.487. The van der Waals surface area contributed by atoms with Crippen LogP contribution in [0, 0.1) is 5.82 Å². The summed E-state index contributed by atoms with van der Waals surface area (Å²) in [7, 11) is 0. The van der Waals surface area contributed by atoms with Crippen molar-refractivity contribution >= 4 is 6.60 Å². The van der Waals surface area contributed by atoms with Crippen LogP contribution in [0.5, 0.6) is 0 Å². The Kier molecular flexibility index (Phi) is 1.62. The van der Waals surface area contributed by atoms with Crippen LogP contribution < -0.4 is 0 Å². The molecule has 0 aromatic rings. The molecule has 0 N–H and O–H groups in total. The molecule has 0 bridgehead atoms. The average Bonchev–Trinajstić information content (AvgIpc) is 1.92. The van der Waals surface area contributed by atoms with Crippen LogP contribution in [-0.4, -0.2) is 20.0 Å². The van der Waals surface area contributed by atoms with Gasteiger partial charge in [-0.3, -0.25) is 0 Å². The Morgan fingerprint density at radius 2 is 1.45 bits per heavy atom. The van der Waals surface area contributed by atoms with Gasteiger partial charge >= 0.3 is 69.6 Å². The van der Waals surface area contributed by atoms with Crippen LogP contribution in [0.1, 0.15) is 20.8 Å². The van der Waals surface area contributed by atoms with E-state index in [9.17, 15) is 0 Å². The van der Waals surface area contributed by atoms with E-state index in [2.05, 4.69) is 46.6 Å². The topological polar surface area (TPSA) is 0 Å². The van der Waals surface area contributed by atoms with Gasteiger partial charge in [0.05, 0.1) is 0 Å². The first-order chi connectivity index (χ1) is 4.72. The molecule has 0 amide bonds. The third-order valence-corrected chi connectivity index (χ3v) is 6.64. The molecule has 0 saturated carbocycles. The summed E-state index contributed by atoms with van der Waals surface area (Å²) in [5.74, 6) is 3.64. The Hall–Kier alpha value is -0.0900. The Labute approximate surface area is 70.3 Å². The van der Waals surface area contributed by atoms with Gasteiger partial charge in [0.2, 0.25) is 0 Å². The molecule has 1 heteroatoms. The summed E-state index contributed by atoms with van der Waals surface area (Å²) in [5.41, 5.74) is 2.84. The Balaban J connectivity index is 3.33. The SMILES string of the molecule is CC1=[C]P(C)(C)(C)C(C)=C1C. The van der Waals surface area contributed by atoms with Gasteiger partial charge in [-0.1, -0.05) is 0 Å². The van der Waals surface area contributed by atoms with Crippen molar-refractivity contribution < 1.29 is 0 Å². The second-order valence-electron chi connectivity index (χ2n) is 4.74. The van der Waals surface area contributed by atoms with Crippen molar-refractivity contribution in [3.8, 4) is 0 Å². The van der Waals surface area contributed by atoms with Crippen molar-refractivity contribution in [1.82, 2.24) is 0 Å². The summed E-state index contributed by atoms with van der Waals surface area (Å²) >= 11 is 0. The molecule has 0 aromatic carbocycles. The molecular formula is C10H18P. The molecule has 0 unspecified atom stereocenters. The van der Waals surface area contributed by atoms with Gasteiger partial charge in [-0.25, -0.2) is 0 Å². The van der Waals surface area contributed by atoms with Crippen molar-refractivity contribution in [1.29, 1.82) is 0 Å². The van der Waals surface area contributed by atoms with Gasteiger partial charge in [0.15, 0.2) is 0 Å². The minimum atomic E-state index is -1.64. The van der Waals surface area contributed by atoms with E-state index >= 15 is 0 Å². The number of hydrogen-bond donors (Lipinski definition) is 0. The van der Waals surface area contributed by atoms with Crippen molar-refractivity contribution in [2.24, 2.45) is 0 Å². The van der Waals surface area contributed by atoms with E-state index in [4.69, 9.17) is 0 Å². The molecule has 63 valence electrons. The third kappa shape index (κ3) is 1.29. The number of allylic oxidation sites excluding steroid dienone is 3. The molecular weight excluding hydrogens is 151 g/mol. The number of hydrogen-bond acceptors (Lipinski definition) is 0. The van der Waals surface area contributed by atoms with E-state index in [-0.39, 0.29) is 0 Å². The summed E-state index contributed by atoms with van der Waals surface area (Å²) in [6.45, 7) is 12.1. The van der Waals surface area contributed by atoms with Gasteiger partial charge in [-0.05, 0) is 0 Å². The van der Waals surface area contributed by atoms with Gasteiger partial charge in [0.25, 0.3) is 0 Å². The molecule has 1 rings (SSSR count). The fourth-order valence-electron chi connectivity index (χ4n) is 1.61. The minimum absolute atomic E-state index is 1.37. The predicted molar refractivity (Wildman–Crippen MR) is 55.5 cm³/mol. The fraction of sp³-hybridized carbons (Fsp3) is 0.600. The summed E-state index contributed by atoms with van der Waals surface area (Å²) in [6, 6.07) is 0. The average molecular weight is 169 g/mol. The van der Waals surface area contributed by atoms with Gasteiger partial charge in [-0.15, -0.1) is 0 Å². The van der Waals surface area contributed by atoms with Crippen LogP contribution in [0.25, 0.3) is 0 Å². The molecule has 0 aromatic heterocycles. The zero-order valence-corrected chi connectivity index (χ0v) is 9.34. The first kappa shape index (κ1) is 9.00. The molecule has 1 aliphatic heterocycles. The van der Waals surface area contributed by atoms with Gasteiger partial charge in [0, 0.05) is 0 Å². The summed E-state index contributed by atoms with van der Waals surface area (Å²) < 4.78 is 0. The molecule has 1 heterocycles. The molecule has 0 atom stereocenters. The molecule has 0 fully saturated rings. The van der Waals surface area contributed by atoms with Crippen LogP contribution in [0.15, 0.2) is 16.5 Å². The maximum atomic E-state index is 3.64. The van der Waals surface area contributed by atoms with E-state index < -0.39 is 6.60 Å². The van der Waals surface area contributed by atoms with Crippen molar-refractivity contribution in [2.45, 2.75) is 20.8 Å². The second kappa shape index (κ2) is 1.98. The van der Waals surface area contributed by atoms with E-state index in [1.165, 1.54) is 11.1 Å². The van der Waals surface area contributed by atoms with Crippen molar-refractivity contribution in [3.63, 3.8) is 0 Å². The fourth-order valence-corrected chi connectivity index (χ4v) is 4.46. The van der Waals surface area contributed by atoms with E-state index in [1.807, 2.05) is 0 Å². The predicted octanol–water partition coefficient (Wildman–Crippen LogP) is 3.44. The van der Waals surface area contributed by atoms with Crippen molar-refractivity contribution in [2.75, 3.05) is 20.0 Å². The van der Waals surface area contributed by atoms with Gasteiger partial charge in [-0.2, -0.15) is 0 Å². The van der Waals surface area contributed by atoms with Crippen LogP contribution >= 0.6 is 6.60 Å². The Morgan fingerprint density at radius 3 is 1.55 bits per heavy atom. The maximum absolute atomic E-state index is 3.64. The first-order valence-electron chi connectivity index (χ1n) is 4.04. The van der Waals surface area contributed by atoms with E-state index in [1.54, 1.807) is 5.31 Å². The van der Waals surface area contributed by atoms with E-state index in [0.29, 0.717) is 0 Å². The normalized spacial score (nSPS) is 31.1. The molecule has 0 nitrogen and oxygen atoms in total. The standard InChI is InChI=1S/C10H18P/c1-8-7-11(4,5,6)10(3)9(8)2/h1-6H3. The molecule has 0 spiro atoms. The van der Waals surface area contributed by atoms with Gasteiger partial charge < -0.3 is 0 Å². The summed E-state index contributed by atoms with van der Waals surface area (Å²) in [4.78, 5) is 0. The Morgan fingerprint density at radius 1 is 1.00 bits per heavy atom. The molecule has 1 aliphatic rings. The summed E-state index contributed by atoms with van der Waals surface area (Å²) in [5, 5.41) is 1.58.